The Morgan fingerprint density at radius 3 is 1.89 bits per heavy atom. The van der Waals surface area contributed by atoms with Crippen LogP contribution in [0, 0.1) is 17.3 Å². The number of hydrogen-bond donors (Lipinski definition) is 2. The van der Waals surface area contributed by atoms with Crippen LogP contribution in [0.15, 0.2) is 60.7 Å². The van der Waals surface area contributed by atoms with Crippen molar-refractivity contribution < 1.29 is 19.1 Å². The molecule has 5 nitrogen and oxygen atoms in total. The number of aliphatic carboxylic acids is 1. The highest BCUT2D eigenvalue weighted by Crippen LogP contribution is 2.44. The van der Waals surface area contributed by atoms with Crippen molar-refractivity contribution in [3.63, 3.8) is 0 Å². The van der Waals surface area contributed by atoms with Gasteiger partial charge in [0.05, 0.1) is 5.41 Å². The first-order chi connectivity index (χ1) is 17.9. The van der Waals surface area contributed by atoms with Crippen molar-refractivity contribution in [2.45, 2.75) is 91.1 Å². The molecule has 208 valence electrons. The van der Waals surface area contributed by atoms with Crippen molar-refractivity contribution in [1.82, 2.24) is 5.32 Å². The van der Waals surface area contributed by atoms with E-state index in [9.17, 15) is 14.7 Å². The minimum absolute atomic E-state index is 0.0374. The number of carbonyl (C=O) groups excluding carboxylic acids is 1. The molecule has 1 fully saturated rings. The van der Waals surface area contributed by atoms with Crippen LogP contribution < -0.4 is 15.7 Å². The molecule has 38 heavy (non-hydrogen) atoms. The minimum atomic E-state index is -2.73. The fraction of sp³-hybridized carbons (Fsp3) is 0.562. The number of nitrogens with one attached hydrogen (secondary N) is 1. The summed E-state index contributed by atoms with van der Waals surface area (Å²) < 4.78 is 7.29. The highest BCUT2D eigenvalue weighted by Gasteiger charge is 2.51. The topological polar surface area (TPSA) is 75.6 Å². The lowest BCUT2D eigenvalue weighted by Gasteiger charge is -2.44. The number of rotatable bonds is 12. The van der Waals surface area contributed by atoms with Crippen molar-refractivity contribution in [3.05, 3.63) is 60.7 Å². The number of amides is 1. The summed E-state index contributed by atoms with van der Waals surface area (Å²) >= 11 is 0. The maximum atomic E-state index is 12.3. The van der Waals surface area contributed by atoms with E-state index in [0.29, 0.717) is 13.0 Å². The number of hydrogen-bond acceptors (Lipinski definition) is 3. The summed E-state index contributed by atoms with van der Waals surface area (Å²) in [5.41, 5.74) is -0.632. The largest absolute Gasteiger partial charge is 0.481 e. The zero-order chi connectivity index (χ0) is 28.0. The molecular formula is C32H47NO4Si. The molecule has 1 aliphatic carbocycles. The fourth-order valence-corrected chi connectivity index (χ4v) is 11.1. The van der Waals surface area contributed by atoms with Crippen LogP contribution in [0.1, 0.15) is 80.1 Å². The molecule has 1 amide bonds. The lowest BCUT2D eigenvalue weighted by molar-refractivity contribution is -0.149. The molecule has 0 heterocycles. The number of carboxylic acids is 1. The molecule has 2 aromatic carbocycles. The molecule has 0 bridgehead atoms. The van der Waals surface area contributed by atoms with Crippen LogP contribution >= 0.6 is 0 Å². The molecule has 6 heteroatoms. The molecule has 1 aliphatic rings. The van der Waals surface area contributed by atoms with Crippen molar-refractivity contribution in [1.29, 1.82) is 0 Å². The molecule has 0 aromatic heterocycles. The normalized spacial score (nSPS) is 17.9. The Balaban J connectivity index is 1.99. The Hall–Kier alpha value is -2.44. The predicted octanol–water partition coefficient (Wildman–Crippen LogP) is 5.77. The van der Waals surface area contributed by atoms with Gasteiger partial charge in [-0.2, -0.15) is 0 Å². The van der Waals surface area contributed by atoms with Crippen LogP contribution in [0.5, 0.6) is 0 Å². The minimum Gasteiger partial charge on any atom is -0.481 e. The lowest BCUT2D eigenvalue weighted by atomic mass is 9.76. The summed E-state index contributed by atoms with van der Waals surface area (Å²) in [5.74, 6) is -0.474. The molecule has 0 aliphatic heterocycles. The Kier molecular flexibility index (Phi) is 9.99. The Morgan fingerprint density at radius 1 is 0.974 bits per heavy atom. The van der Waals surface area contributed by atoms with Crippen LogP contribution in [-0.2, 0) is 14.0 Å². The van der Waals surface area contributed by atoms with Gasteiger partial charge in [0.15, 0.2) is 0 Å². The van der Waals surface area contributed by atoms with E-state index in [1.54, 1.807) is 6.92 Å². The smallest absolute Gasteiger partial charge is 0.309 e. The highest BCUT2D eigenvalue weighted by molar-refractivity contribution is 6.99. The Labute approximate surface area is 230 Å². The second-order valence-corrected chi connectivity index (χ2v) is 16.7. The van der Waals surface area contributed by atoms with Gasteiger partial charge in [0, 0.05) is 19.6 Å². The zero-order valence-electron chi connectivity index (χ0n) is 24.1. The molecule has 1 saturated carbocycles. The first-order valence-electron chi connectivity index (χ1n) is 14.2. The highest BCUT2D eigenvalue weighted by atomic mass is 28.4. The molecule has 2 N–H and O–H groups in total. The standard InChI is InChI=1S/C32H47NO4Si/c1-24(25(2)33-26(3)34)27(19-22-32(30(35)36)20-13-14-21-32)23-37-38(31(4,5)6,28-15-9-7-10-16-28)29-17-11-8-12-18-29/h7-12,15-18,24-25,27H,13-14,19-23H2,1-6H3,(H,33,34)(H,35,36)/t24-,25?,27-/m1/s1. The van der Waals surface area contributed by atoms with Crippen LogP contribution in [0.3, 0.4) is 0 Å². The van der Waals surface area contributed by atoms with Gasteiger partial charge in [0.25, 0.3) is 8.32 Å². The number of carbonyl (C=O) groups is 2. The van der Waals surface area contributed by atoms with Gasteiger partial charge in [0.1, 0.15) is 0 Å². The lowest BCUT2D eigenvalue weighted by Crippen LogP contribution is -2.67. The van der Waals surface area contributed by atoms with Gasteiger partial charge in [-0.3, -0.25) is 9.59 Å². The number of benzene rings is 2. The zero-order valence-corrected chi connectivity index (χ0v) is 25.1. The van der Waals surface area contributed by atoms with E-state index in [4.69, 9.17) is 4.43 Å². The van der Waals surface area contributed by atoms with Crippen LogP contribution in [0.4, 0.5) is 0 Å². The van der Waals surface area contributed by atoms with Crippen LogP contribution in [0.25, 0.3) is 0 Å². The average Bonchev–Trinajstić information content (AvgIpc) is 3.36. The summed E-state index contributed by atoms with van der Waals surface area (Å²) in [7, 11) is -2.73. The first kappa shape index (κ1) is 30.1. The first-order valence-corrected chi connectivity index (χ1v) is 16.1. The molecule has 0 radical (unpaired) electrons. The monoisotopic (exact) mass is 537 g/mol. The molecule has 3 atom stereocenters. The Bertz CT molecular complexity index is 1000. The SMILES string of the molecule is CC(=O)NC(C)[C@@H](C)[C@H](CCC1(C(=O)O)CCCC1)CO[Si](c1ccccc1)(c1ccccc1)C(C)(C)C. The molecule has 3 rings (SSSR count). The maximum Gasteiger partial charge on any atom is 0.309 e. The summed E-state index contributed by atoms with van der Waals surface area (Å²) in [5, 5.41) is 15.5. The van der Waals surface area contributed by atoms with Gasteiger partial charge >= 0.3 is 5.97 Å². The fourth-order valence-electron chi connectivity index (χ4n) is 6.44. The molecule has 0 spiro atoms. The third-order valence-electron chi connectivity index (χ3n) is 8.90. The van der Waals surface area contributed by atoms with E-state index in [-0.39, 0.29) is 28.8 Å². The van der Waals surface area contributed by atoms with Crippen LogP contribution in [0.2, 0.25) is 5.04 Å². The van der Waals surface area contributed by atoms with Crippen molar-refractivity contribution in [3.8, 4) is 0 Å². The van der Waals surface area contributed by atoms with Crippen LogP contribution in [-0.4, -0.2) is 37.9 Å². The van der Waals surface area contributed by atoms with Gasteiger partial charge in [-0.15, -0.1) is 0 Å². The van der Waals surface area contributed by atoms with Gasteiger partial charge < -0.3 is 14.8 Å². The van der Waals surface area contributed by atoms with Crippen molar-refractivity contribution in [2.24, 2.45) is 17.3 Å². The van der Waals surface area contributed by atoms with E-state index in [0.717, 1.165) is 32.1 Å². The second kappa shape index (κ2) is 12.6. The summed E-state index contributed by atoms with van der Waals surface area (Å²) in [6.45, 7) is 13.1. The maximum absolute atomic E-state index is 12.3. The van der Waals surface area contributed by atoms with Gasteiger partial charge in [-0.1, -0.05) is 101 Å². The molecule has 2 aromatic rings. The summed E-state index contributed by atoms with van der Waals surface area (Å²) in [6, 6.07) is 21.2. The summed E-state index contributed by atoms with van der Waals surface area (Å²) in [6.07, 6.45) is 4.87. The van der Waals surface area contributed by atoms with Crippen molar-refractivity contribution >= 4 is 30.6 Å². The van der Waals surface area contributed by atoms with E-state index in [1.807, 2.05) is 19.1 Å². The van der Waals surface area contributed by atoms with E-state index in [2.05, 4.69) is 81.5 Å². The molecule has 0 saturated heterocycles. The average molecular weight is 538 g/mol. The third kappa shape index (κ3) is 6.57. The van der Waals surface area contributed by atoms with Gasteiger partial charge in [-0.25, -0.2) is 0 Å². The molecular weight excluding hydrogens is 490 g/mol. The van der Waals surface area contributed by atoms with E-state index in [1.165, 1.54) is 10.4 Å². The van der Waals surface area contributed by atoms with Gasteiger partial charge in [-0.05, 0) is 59.9 Å². The Morgan fingerprint density at radius 2 is 1.47 bits per heavy atom. The van der Waals surface area contributed by atoms with E-state index < -0.39 is 19.7 Å². The molecule has 1 unspecified atom stereocenters. The van der Waals surface area contributed by atoms with Gasteiger partial charge in [0.2, 0.25) is 5.91 Å². The third-order valence-corrected chi connectivity index (χ3v) is 13.9. The summed E-state index contributed by atoms with van der Waals surface area (Å²) in [4.78, 5) is 24.2. The van der Waals surface area contributed by atoms with E-state index >= 15 is 0 Å². The second-order valence-electron chi connectivity index (χ2n) is 12.4. The number of carboxylic acid groups (broad SMARTS) is 1. The predicted molar refractivity (Wildman–Crippen MR) is 157 cm³/mol. The quantitative estimate of drug-likeness (QED) is 0.337. The van der Waals surface area contributed by atoms with Crippen molar-refractivity contribution in [2.75, 3.05) is 6.61 Å².